The van der Waals surface area contributed by atoms with Crippen LogP contribution in [0.25, 0.3) is 30.2 Å². The van der Waals surface area contributed by atoms with Gasteiger partial charge in [-0.15, -0.1) is 0 Å². The van der Waals surface area contributed by atoms with Crippen LogP contribution in [0.5, 0.6) is 0 Å². The van der Waals surface area contributed by atoms with Crippen LogP contribution in [0.15, 0.2) is 73.6 Å². The van der Waals surface area contributed by atoms with Crippen LogP contribution in [-0.4, -0.2) is 245 Å². The van der Waals surface area contributed by atoms with E-state index in [-0.39, 0.29) is 29.4 Å². The Kier molecular flexibility index (Phi) is 30.1. The molecule has 12 aliphatic rings. The highest BCUT2D eigenvalue weighted by Crippen LogP contribution is 2.34. The molecule has 18 heterocycles. The highest BCUT2D eigenvalue weighted by Gasteiger charge is 2.40. The Morgan fingerprint density at radius 2 is 0.514 bits per heavy atom. The first-order valence-electron chi connectivity index (χ1n) is 43.4. The Morgan fingerprint density at radius 1 is 0.275 bits per heavy atom. The van der Waals surface area contributed by atoms with Crippen molar-refractivity contribution in [1.82, 2.24) is 116 Å². The molecule has 54 heteroatoms. The van der Waals surface area contributed by atoms with Crippen LogP contribution in [0.1, 0.15) is 205 Å². The normalized spacial score (nSPS) is 20.8. The molecule has 18 rings (SSSR count). The van der Waals surface area contributed by atoms with Gasteiger partial charge >= 0.3 is 36.6 Å². The first-order chi connectivity index (χ1) is 64.4. The average Bonchev–Trinajstić information content (AvgIpc) is 1.61. The van der Waals surface area contributed by atoms with E-state index in [9.17, 15) is 82.8 Å². The maximum absolute atomic E-state index is 12.3. The summed E-state index contributed by atoms with van der Waals surface area (Å²) in [5.74, 6) is -2.41. The van der Waals surface area contributed by atoms with Crippen LogP contribution in [0.4, 0.5) is 28.8 Å². The maximum Gasteiger partial charge on any atom is 0.410 e. The van der Waals surface area contributed by atoms with Crippen molar-refractivity contribution in [2.24, 2.45) is 0 Å². The zero-order valence-corrected chi connectivity index (χ0v) is 83.9. The highest BCUT2D eigenvalue weighted by atomic mass is 32.2. The summed E-state index contributed by atoms with van der Waals surface area (Å²) in [6, 6.07) is 0. The van der Waals surface area contributed by atoms with Crippen molar-refractivity contribution in [1.29, 1.82) is 0 Å². The number of hydrogen-bond donors (Lipinski definition) is 6. The molecule has 6 N–H and O–H groups in total. The molecule has 0 spiro atoms. The molecule has 6 atom stereocenters. The van der Waals surface area contributed by atoms with Crippen LogP contribution in [0.2, 0.25) is 0 Å². The van der Waals surface area contributed by atoms with E-state index in [4.69, 9.17) is 28.4 Å². The fourth-order valence-electron chi connectivity index (χ4n) is 14.6. The summed E-state index contributed by atoms with van der Waals surface area (Å²) >= 11 is 0. The molecule has 12 amide bonds. The molecule has 0 radical (unpaired) electrons. The molecular weight excluding hydrogens is 1920 g/mol. The largest absolute Gasteiger partial charge is 0.444 e. The van der Waals surface area contributed by atoms with Crippen LogP contribution < -0.4 is 28.3 Å². The number of carbonyl (C=O) groups excluding carboxylic acids is 12. The van der Waals surface area contributed by atoms with Gasteiger partial charge in [-0.25, -0.2) is 82.1 Å². The number of aromatic nitrogens is 12. The first-order valence-corrected chi connectivity index (χ1v) is 50.3. The summed E-state index contributed by atoms with van der Waals surface area (Å²) in [4.78, 5) is 150. The summed E-state index contributed by atoms with van der Waals surface area (Å²) in [7, 11) is -9.59. The summed E-state index contributed by atoms with van der Waals surface area (Å²) in [6.45, 7) is 37.9. The Morgan fingerprint density at radius 3 is 0.833 bits per heavy atom. The van der Waals surface area contributed by atoms with Gasteiger partial charge in [-0.1, -0.05) is 0 Å². The van der Waals surface area contributed by atoms with Crippen molar-refractivity contribution in [2.75, 3.05) is 26.2 Å². The molecule has 6 aromatic rings. The Hall–Kier alpha value is -13.0. The lowest BCUT2D eigenvalue weighted by molar-refractivity contribution is -0.115. The van der Waals surface area contributed by atoms with Gasteiger partial charge in [-0.3, -0.25) is 66.9 Å². The van der Waals surface area contributed by atoms with E-state index in [1.54, 1.807) is 92.0 Å². The van der Waals surface area contributed by atoms with Gasteiger partial charge in [-0.2, -0.15) is 30.6 Å². The third-order valence-corrected chi connectivity index (χ3v) is 26.7. The molecule has 0 aromatic carbocycles. The van der Waals surface area contributed by atoms with Crippen LogP contribution in [0, 0.1) is 0 Å². The minimum atomic E-state index is -1.62. The van der Waals surface area contributed by atoms with Crippen molar-refractivity contribution in [3.63, 3.8) is 0 Å². The van der Waals surface area contributed by atoms with Crippen LogP contribution in [-0.2, 0) is 201 Å². The van der Waals surface area contributed by atoms with Crippen molar-refractivity contribution in [2.45, 2.75) is 249 Å². The van der Waals surface area contributed by atoms with Crippen LogP contribution >= 0.6 is 0 Å². The number of ether oxygens (including phenoxy) is 6. The Balaban J connectivity index is 0.000000140. The average molecular weight is 2030 g/mol. The van der Waals surface area contributed by atoms with E-state index in [1.807, 2.05) is 104 Å². The second-order valence-electron chi connectivity index (χ2n) is 38.5. The summed E-state index contributed by atoms with van der Waals surface area (Å²) in [5, 5.41) is 27.6. The van der Waals surface area contributed by atoms with Gasteiger partial charge in [0, 0.05) is 127 Å². The second-order valence-corrected chi connectivity index (χ2v) is 45.5. The summed E-state index contributed by atoms with van der Waals surface area (Å²) in [6.07, 6.45) is 19.4. The zero-order chi connectivity index (χ0) is 101. The van der Waals surface area contributed by atoms with Gasteiger partial charge in [0.2, 0.25) is 0 Å². The quantitative estimate of drug-likeness (QED) is 0.115. The first kappa shape index (κ1) is 102. The molecule has 0 bridgehead atoms. The number of fused-ring (bicyclic) bond motifs is 6. The number of rotatable bonds is 6. The van der Waals surface area contributed by atoms with Gasteiger partial charge in [0.05, 0.1) is 105 Å². The lowest BCUT2D eigenvalue weighted by atomic mass is 10.1. The molecular formula is C84H108N24O24S6. The predicted molar refractivity (Wildman–Crippen MR) is 498 cm³/mol. The molecule has 0 saturated carbocycles. The monoisotopic (exact) mass is 2030 g/mol. The number of aryl methyl sites for hydroxylation is 1. The molecule has 744 valence electrons. The van der Waals surface area contributed by atoms with Gasteiger partial charge < -0.3 is 48.0 Å². The third-order valence-electron chi connectivity index (χ3n) is 20.3. The number of nitrogens with zero attached hydrogens (tertiary/aromatic N) is 18. The summed E-state index contributed by atoms with van der Waals surface area (Å²) in [5.41, 5.74) is 6.73. The van der Waals surface area contributed by atoms with Gasteiger partial charge in [-0.05, 0) is 150 Å². The van der Waals surface area contributed by atoms with Crippen molar-refractivity contribution < 1.29 is 111 Å². The number of nitrogens with one attached hydrogen (secondary N) is 6. The minimum absolute atomic E-state index is 0.275. The number of amides is 12. The number of hydrogen-bond acceptors (Lipinski definition) is 30. The highest BCUT2D eigenvalue weighted by molar-refractivity contribution is 7.95. The lowest BCUT2D eigenvalue weighted by Gasteiger charge is -2.30. The third kappa shape index (κ3) is 25.9. The maximum atomic E-state index is 12.3. The Bertz CT molecular complexity index is 6230. The van der Waals surface area contributed by atoms with Gasteiger partial charge in [0.1, 0.15) is 33.6 Å². The molecule has 6 unspecified atom stereocenters. The number of carbonyl (C=O) groups is 12. The van der Waals surface area contributed by atoms with E-state index in [1.165, 1.54) is 59.9 Å². The fraction of sp³-hybridized carbons (Fsp3) is 0.500. The van der Waals surface area contributed by atoms with Gasteiger partial charge in [0.15, 0.2) is 96.1 Å². The van der Waals surface area contributed by atoms with E-state index >= 15 is 0 Å². The Labute approximate surface area is 807 Å². The fourth-order valence-corrected chi connectivity index (χ4v) is 19.7. The van der Waals surface area contributed by atoms with Crippen molar-refractivity contribution >= 4 is 168 Å². The topological polar surface area (TPSA) is 561 Å². The minimum Gasteiger partial charge on any atom is -0.444 e. The smallest absolute Gasteiger partial charge is 0.410 e. The van der Waals surface area contributed by atoms with Crippen LogP contribution in [0.3, 0.4) is 0 Å². The summed E-state index contributed by atoms with van der Waals surface area (Å²) < 4.78 is 126. The molecule has 6 aromatic heterocycles. The molecule has 48 nitrogen and oxygen atoms in total. The lowest BCUT2D eigenvalue weighted by Crippen LogP contribution is -2.40. The standard InChI is InChI=1S/2C15H20N4O4S.2C14H18N4O4S.2C13H16N4O4S/c1-15(2,3)23-14(21)18-6-4-5-11-10(8-18)9-19(16-11)13-7-12(20)17-24(13)22;1-15(2,3)23-14(21)18-6-4-5-11-10(9-18)8-16-19(11)13-7-12(20)17-24(13)22;1-14(2,3)22-13(20)17-5-4-10-9(7-17)8-18(15-10)12-6-11(19)16-23(12)21;1-14(2,3)22-13(20)17-5-4-10-9(8-17)7-15-18(10)12-6-11(19)16-23(12)21;1-13(2,3)21-12(19)16-5-8-6-17(14-9(8)7-16)11-4-10(18)15-22(11)20;1-13(2,3)21-12(19)16-6-8-5-14-17(9(8)7-16)11-4-10(18)15-22(11)20/h7,9H,4-6,8H2,1-3H3,(H,17,20);7-8H,4-6,9H2,1-3H3,(H,17,20);6,8H,4-5,7H2,1-3H3,(H,16,19);6-7H,4-5,8H2,1-3H3,(H,16,19);4,6H,5,7H2,1-3H3,(H,15,18);4-5H,6-7H2,1-3H3,(H,15,18). The zero-order valence-electron chi connectivity index (χ0n) is 79.0. The van der Waals surface area contributed by atoms with E-state index in [0.29, 0.717) is 135 Å². The van der Waals surface area contributed by atoms with Crippen molar-refractivity contribution in [3.05, 3.63) is 141 Å². The van der Waals surface area contributed by atoms with E-state index < -0.39 is 147 Å². The van der Waals surface area contributed by atoms with Gasteiger partial charge in [0.25, 0.3) is 35.4 Å². The van der Waals surface area contributed by atoms with Crippen molar-refractivity contribution in [3.8, 4) is 0 Å². The van der Waals surface area contributed by atoms with E-state index in [0.717, 1.165) is 74.7 Å². The molecule has 12 aliphatic heterocycles. The second kappa shape index (κ2) is 40.6. The SMILES string of the molecule is CC(C)(C)OC(=O)N1CCCc2c(cnn2C2=CC(=O)NS2=O)C1.CC(C)(C)OC(=O)N1CCCc2nn(C3=CC(=O)NS3=O)cc2C1.CC(C)(C)OC(=O)N1CCc2c(cnn2C2=CC(=O)NS2=O)C1.CC(C)(C)OC(=O)N1CCc2nn(C3=CC(=O)NS3=O)cc2C1.CC(C)(C)OC(=O)N1Cc2cn(C3=CC(=O)NS3=O)nc2C1.CC(C)(C)OC(=O)N1Cc2cnn(C3=CC(=O)NS3=O)c2C1. The molecule has 0 fully saturated rings. The molecule has 0 aliphatic carbocycles. The molecule has 138 heavy (non-hydrogen) atoms. The predicted octanol–water partition coefficient (Wildman–Crippen LogP) is 5.30. The van der Waals surface area contributed by atoms with E-state index in [2.05, 4.69) is 58.9 Å². The molecule has 0 saturated heterocycles.